The van der Waals surface area contributed by atoms with Gasteiger partial charge in [-0.2, -0.15) is 0 Å². The topological polar surface area (TPSA) is 86.8 Å². The molecule has 1 fully saturated rings. The Labute approximate surface area is 174 Å². The Hall–Kier alpha value is -2.49. The second kappa shape index (κ2) is 10.3. The highest BCUT2D eigenvalue weighted by Gasteiger charge is 2.18. The SMILES string of the molecule is CCN(CC)Cc1ccc(C(=O)NNC(=O)c2csc(N3CCOCC3)n2)cc1. The number of hydrogen-bond acceptors (Lipinski definition) is 7. The van der Waals surface area contributed by atoms with Crippen molar-refractivity contribution in [2.24, 2.45) is 0 Å². The first kappa shape index (κ1) is 21.2. The molecular weight excluding hydrogens is 390 g/mol. The van der Waals surface area contributed by atoms with Crippen molar-refractivity contribution in [3.63, 3.8) is 0 Å². The molecule has 0 radical (unpaired) electrons. The zero-order valence-electron chi connectivity index (χ0n) is 16.8. The van der Waals surface area contributed by atoms with Gasteiger partial charge in [0.15, 0.2) is 5.13 Å². The van der Waals surface area contributed by atoms with Gasteiger partial charge in [0.1, 0.15) is 5.69 Å². The molecule has 2 amide bonds. The van der Waals surface area contributed by atoms with Crippen LogP contribution in [0.2, 0.25) is 0 Å². The summed E-state index contributed by atoms with van der Waals surface area (Å²) in [4.78, 5) is 33.3. The summed E-state index contributed by atoms with van der Waals surface area (Å²) in [7, 11) is 0. The normalized spacial score (nSPS) is 14.1. The van der Waals surface area contributed by atoms with Crippen molar-refractivity contribution < 1.29 is 14.3 Å². The number of benzene rings is 1. The molecule has 0 atom stereocenters. The highest BCUT2D eigenvalue weighted by molar-refractivity contribution is 7.13. The Kier molecular flexibility index (Phi) is 7.56. The maximum atomic E-state index is 12.3. The predicted molar refractivity (Wildman–Crippen MR) is 113 cm³/mol. The van der Waals surface area contributed by atoms with E-state index in [1.165, 1.54) is 11.3 Å². The third-order valence-electron chi connectivity index (χ3n) is 4.81. The van der Waals surface area contributed by atoms with E-state index < -0.39 is 5.91 Å². The maximum absolute atomic E-state index is 12.3. The first-order chi connectivity index (χ1) is 14.1. The molecular formula is C20H27N5O3S. The highest BCUT2D eigenvalue weighted by Crippen LogP contribution is 2.21. The molecule has 0 spiro atoms. The van der Waals surface area contributed by atoms with Crippen LogP contribution in [0.15, 0.2) is 29.6 Å². The van der Waals surface area contributed by atoms with Crippen molar-refractivity contribution in [2.75, 3.05) is 44.3 Å². The number of hydrogen-bond donors (Lipinski definition) is 2. The number of thiazole rings is 1. The van der Waals surface area contributed by atoms with Gasteiger partial charge in [-0.1, -0.05) is 26.0 Å². The standard InChI is InChI=1S/C20H27N5O3S/c1-3-24(4-2)13-15-5-7-16(8-6-15)18(26)22-23-19(27)17-14-29-20(21-17)25-9-11-28-12-10-25/h5-8,14H,3-4,9-13H2,1-2H3,(H,22,26)(H,23,27). The van der Waals surface area contributed by atoms with Gasteiger partial charge in [0, 0.05) is 30.6 Å². The quantitative estimate of drug-likeness (QED) is 0.669. The van der Waals surface area contributed by atoms with Gasteiger partial charge in [0.2, 0.25) is 0 Å². The van der Waals surface area contributed by atoms with Crippen molar-refractivity contribution in [1.29, 1.82) is 0 Å². The van der Waals surface area contributed by atoms with E-state index in [9.17, 15) is 9.59 Å². The number of rotatable bonds is 7. The largest absolute Gasteiger partial charge is 0.378 e. The van der Waals surface area contributed by atoms with Gasteiger partial charge in [-0.25, -0.2) is 4.98 Å². The summed E-state index contributed by atoms with van der Waals surface area (Å²) in [6.45, 7) is 9.89. The molecule has 0 unspecified atom stereocenters. The fraction of sp³-hybridized carbons (Fsp3) is 0.450. The molecule has 2 N–H and O–H groups in total. The Morgan fingerprint density at radius 2 is 1.76 bits per heavy atom. The van der Waals surface area contributed by atoms with Crippen LogP contribution in [-0.4, -0.2) is 61.1 Å². The molecule has 1 aromatic heterocycles. The van der Waals surface area contributed by atoms with E-state index in [4.69, 9.17) is 4.74 Å². The number of nitrogens with zero attached hydrogens (tertiary/aromatic N) is 3. The van der Waals surface area contributed by atoms with Crippen molar-refractivity contribution >= 4 is 28.3 Å². The van der Waals surface area contributed by atoms with Crippen LogP contribution in [0.3, 0.4) is 0 Å². The van der Waals surface area contributed by atoms with Gasteiger partial charge in [0.25, 0.3) is 11.8 Å². The number of anilines is 1. The van der Waals surface area contributed by atoms with Crippen molar-refractivity contribution in [2.45, 2.75) is 20.4 Å². The van der Waals surface area contributed by atoms with Crippen molar-refractivity contribution in [1.82, 2.24) is 20.7 Å². The number of aromatic nitrogens is 1. The summed E-state index contributed by atoms with van der Waals surface area (Å²) in [6.07, 6.45) is 0. The molecule has 0 aliphatic carbocycles. The van der Waals surface area contributed by atoms with Crippen LogP contribution in [0.5, 0.6) is 0 Å². The lowest BCUT2D eigenvalue weighted by molar-refractivity contribution is 0.0844. The van der Waals surface area contributed by atoms with Gasteiger partial charge in [0.05, 0.1) is 13.2 Å². The van der Waals surface area contributed by atoms with Crippen LogP contribution in [0.1, 0.15) is 40.3 Å². The van der Waals surface area contributed by atoms with Crippen molar-refractivity contribution in [3.8, 4) is 0 Å². The molecule has 3 rings (SSSR count). The first-order valence-corrected chi connectivity index (χ1v) is 10.7. The summed E-state index contributed by atoms with van der Waals surface area (Å²) in [6, 6.07) is 7.40. The van der Waals surface area contributed by atoms with Gasteiger partial charge in [-0.15, -0.1) is 11.3 Å². The van der Waals surface area contributed by atoms with Crippen LogP contribution in [0.25, 0.3) is 0 Å². The summed E-state index contributed by atoms with van der Waals surface area (Å²) in [5.41, 5.74) is 6.80. The minimum atomic E-state index is -0.438. The van der Waals surface area contributed by atoms with Crippen LogP contribution < -0.4 is 15.8 Å². The number of hydrazine groups is 1. The lowest BCUT2D eigenvalue weighted by Gasteiger charge is -2.25. The van der Waals surface area contributed by atoms with Gasteiger partial charge in [-0.3, -0.25) is 25.3 Å². The lowest BCUT2D eigenvalue weighted by Crippen LogP contribution is -2.42. The predicted octanol–water partition coefficient (Wildman–Crippen LogP) is 1.90. The lowest BCUT2D eigenvalue weighted by atomic mass is 10.1. The number of amides is 2. The number of ether oxygens (including phenoxy) is 1. The minimum Gasteiger partial charge on any atom is -0.378 e. The fourth-order valence-electron chi connectivity index (χ4n) is 2.99. The zero-order valence-corrected chi connectivity index (χ0v) is 17.6. The van der Waals surface area contributed by atoms with E-state index in [1.54, 1.807) is 17.5 Å². The third-order valence-corrected chi connectivity index (χ3v) is 5.71. The average molecular weight is 418 g/mol. The van der Waals surface area contributed by atoms with E-state index in [1.807, 2.05) is 12.1 Å². The van der Waals surface area contributed by atoms with Crippen LogP contribution >= 0.6 is 11.3 Å². The maximum Gasteiger partial charge on any atom is 0.289 e. The smallest absolute Gasteiger partial charge is 0.289 e. The van der Waals surface area contributed by atoms with Crippen LogP contribution in [0.4, 0.5) is 5.13 Å². The second-order valence-corrected chi connectivity index (χ2v) is 7.52. The Morgan fingerprint density at radius 3 is 2.41 bits per heavy atom. The van der Waals surface area contributed by atoms with Gasteiger partial charge in [-0.05, 0) is 30.8 Å². The third kappa shape index (κ3) is 5.75. The molecule has 9 heteroatoms. The second-order valence-electron chi connectivity index (χ2n) is 6.68. The molecule has 2 heterocycles. The summed E-state index contributed by atoms with van der Waals surface area (Å²) >= 11 is 1.41. The molecule has 156 valence electrons. The Bertz CT molecular complexity index is 814. The van der Waals surface area contributed by atoms with Crippen molar-refractivity contribution in [3.05, 3.63) is 46.5 Å². The molecule has 29 heavy (non-hydrogen) atoms. The Morgan fingerprint density at radius 1 is 1.10 bits per heavy atom. The molecule has 0 saturated carbocycles. The van der Waals surface area contributed by atoms with E-state index in [-0.39, 0.29) is 11.6 Å². The first-order valence-electron chi connectivity index (χ1n) is 9.81. The molecule has 1 aliphatic rings. The number of carbonyl (C=O) groups is 2. The highest BCUT2D eigenvalue weighted by atomic mass is 32.1. The zero-order chi connectivity index (χ0) is 20.6. The van der Waals surface area contributed by atoms with E-state index >= 15 is 0 Å². The van der Waals surface area contributed by atoms with E-state index in [0.717, 1.165) is 43.4 Å². The molecule has 1 aliphatic heterocycles. The van der Waals surface area contributed by atoms with E-state index in [2.05, 4.69) is 39.5 Å². The Balaban J connectivity index is 1.51. The summed E-state index contributed by atoms with van der Waals surface area (Å²) in [5, 5.41) is 2.47. The molecule has 1 saturated heterocycles. The molecule has 2 aromatic rings. The molecule has 1 aromatic carbocycles. The molecule has 0 bridgehead atoms. The monoisotopic (exact) mass is 417 g/mol. The average Bonchev–Trinajstić information content (AvgIpc) is 3.27. The van der Waals surface area contributed by atoms with Gasteiger partial charge < -0.3 is 9.64 Å². The summed E-state index contributed by atoms with van der Waals surface area (Å²) < 4.78 is 5.33. The summed E-state index contributed by atoms with van der Waals surface area (Å²) in [5.74, 6) is -0.802. The van der Waals surface area contributed by atoms with E-state index in [0.29, 0.717) is 18.8 Å². The fourth-order valence-corrected chi connectivity index (χ4v) is 3.84. The van der Waals surface area contributed by atoms with Gasteiger partial charge >= 0.3 is 0 Å². The minimum absolute atomic E-state index is 0.284. The van der Waals surface area contributed by atoms with Crippen LogP contribution in [-0.2, 0) is 11.3 Å². The number of morpholine rings is 1. The number of carbonyl (C=O) groups excluding carboxylic acids is 2. The van der Waals surface area contributed by atoms with Crippen LogP contribution in [0, 0.1) is 0 Å². The number of nitrogens with one attached hydrogen (secondary N) is 2. The molecule has 8 nitrogen and oxygen atoms in total.